The van der Waals surface area contributed by atoms with Crippen LogP contribution in [0, 0.1) is 0 Å². The topological polar surface area (TPSA) is 95.9 Å². The normalized spacial score (nSPS) is 11.8. The van der Waals surface area contributed by atoms with Crippen LogP contribution in [-0.4, -0.2) is 30.9 Å². The van der Waals surface area contributed by atoms with Crippen molar-refractivity contribution in [2.75, 3.05) is 0 Å². The van der Waals surface area contributed by atoms with E-state index in [-0.39, 0.29) is 5.89 Å². The largest absolute Gasteiger partial charge is 0.449 e. The molecule has 0 amide bonds. The summed E-state index contributed by atoms with van der Waals surface area (Å²) in [5, 5.41) is 12.7. The van der Waals surface area contributed by atoms with Crippen molar-refractivity contribution < 1.29 is 13.9 Å². The van der Waals surface area contributed by atoms with Crippen molar-refractivity contribution in [2.24, 2.45) is 0 Å². The fourth-order valence-corrected chi connectivity index (χ4v) is 3.32. The van der Waals surface area contributed by atoms with Gasteiger partial charge in [0.25, 0.3) is 5.89 Å². The van der Waals surface area contributed by atoms with E-state index in [1.165, 1.54) is 0 Å². The highest BCUT2D eigenvalue weighted by molar-refractivity contribution is 5.96. The van der Waals surface area contributed by atoms with Crippen molar-refractivity contribution in [3.05, 3.63) is 103 Å². The molecule has 0 N–H and O–H groups in total. The summed E-state index contributed by atoms with van der Waals surface area (Å²) >= 11 is 0. The Balaban J connectivity index is 1.43. The summed E-state index contributed by atoms with van der Waals surface area (Å²) in [5.41, 5.74) is 3.09. The molecule has 5 aromatic rings. The van der Waals surface area contributed by atoms with Gasteiger partial charge in [-0.2, -0.15) is 5.10 Å². The lowest BCUT2D eigenvalue weighted by Gasteiger charge is -2.09. The second-order valence-electron chi connectivity index (χ2n) is 7.27. The van der Waals surface area contributed by atoms with E-state index in [1.807, 2.05) is 66.7 Å². The van der Waals surface area contributed by atoms with Crippen molar-refractivity contribution in [1.29, 1.82) is 0 Å². The van der Waals surface area contributed by atoms with Crippen LogP contribution < -0.4 is 0 Å². The van der Waals surface area contributed by atoms with Crippen LogP contribution in [0.15, 0.2) is 95.8 Å². The Morgan fingerprint density at radius 2 is 1.67 bits per heavy atom. The third-order valence-corrected chi connectivity index (χ3v) is 4.98. The van der Waals surface area contributed by atoms with Crippen molar-refractivity contribution >= 4 is 5.97 Å². The molecule has 0 spiro atoms. The molecular weight excluding hydrogens is 418 g/mol. The molecule has 0 saturated heterocycles. The van der Waals surface area contributed by atoms with Crippen molar-refractivity contribution in [2.45, 2.75) is 13.0 Å². The van der Waals surface area contributed by atoms with Crippen molar-refractivity contribution in [1.82, 2.24) is 25.0 Å². The predicted molar refractivity (Wildman–Crippen MR) is 120 cm³/mol. The Bertz CT molecular complexity index is 1370. The van der Waals surface area contributed by atoms with Gasteiger partial charge in [-0.3, -0.25) is 4.98 Å². The van der Waals surface area contributed by atoms with E-state index in [0.717, 1.165) is 11.3 Å². The number of pyridine rings is 1. The number of esters is 1. The highest BCUT2D eigenvalue weighted by Gasteiger charge is 2.25. The van der Waals surface area contributed by atoms with Gasteiger partial charge in [-0.05, 0) is 43.3 Å². The second kappa shape index (κ2) is 8.88. The Labute approximate surface area is 189 Å². The molecule has 33 heavy (non-hydrogen) atoms. The van der Waals surface area contributed by atoms with Gasteiger partial charge in [0.05, 0.1) is 5.69 Å². The standard InChI is InChI=1S/C25H19N5O3/c1-17(23-27-28-24(33-23)18-9-4-2-5-10-18)32-25(31)21-16-30(20-12-6-3-7-13-20)29-22(21)19-11-8-14-26-15-19/h2-17H,1H3/t17-/m0/s1. The lowest BCUT2D eigenvalue weighted by molar-refractivity contribution is 0.0281. The van der Waals surface area contributed by atoms with E-state index < -0.39 is 12.1 Å². The molecule has 0 fully saturated rings. The summed E-state index contributed by atoms with van der Waals surface area (Å²) in [6.07, 6.45) is 4.22. The van der Waals surface area contributed by atoms with Gasteiger partial charge in [0, 0.05) is 29.7 Å². The Kier molecular flexibility index (Phi) is 5.47. The van der Waals surface area contributed by atoms with Crippen LogP contribution in [0.3, 0.4) is 0 Å². The molecule has 2 aromatic carbocycles. The van der Waals surface area contributed by atoms with Crippen molar-refractivity contribution in [3.8, 4) is 28.4 Å². The van der Waals surface area contributed by atoms with E-state index in [0.29, 0.717) is 22.7 Å². The van der Waals surface area contributed by atoms with Crippen molar-refractivity contribution in [3.63, 3.8) is 0 Å². The minimum atomic E-state index is -0.746. The van der Waals surface area contributed by atoms with E-state index in [9.17, 15) is 4.79 Å². The zero-order valence-corrected chi connectivity index (χ0v) is 17.7. The zero-order valence-electron chi connectivity index (χ0n) is 17.7. The van der Waals surface area contributed by atoms with Gasteiger partial charge in [-0.15, -0.1) is 10.2 Å². The highest BCUT2D eigenvalue weighted by Crippen LogP contribution is 2.27. The summed E-state index contributed by atoms with van der Waals surface area (Å²) in [6.45, 7) is 1.69. The number of hydrogen-bond donors (Lipinski definition) is 0. The van der Waals surface area contributed by atoms with Gasteiger partial charge < -0.3 is 9.15 Å². The molecule has 162 valence electrons. The van der Waals surface area contributed by atoms with Crippen LogP contribution in [0.2, 0.25) is 0 Å². The fourth-order valence-electron chi connectivity index (χ4n) is 3.32. The van der Waals surface area contributed by atoms with Gasteiger partial charge in [0.2, 0.25) is 5.89 Å². The molecule has 0 bridgehead atoms. The second-order valence-corrected chi connectivity index (χ2v) is 7.27. The predicted octanol–water partition coefficient (Wildman–Crippen LogP) is 4.90. The van der Waals surface area contributed by atoms with Crippen LogP contribution in [0.1, 0.15) is 29.3 Å². The lowest BCUT2D eigenvalue weighted by atomic mass is 10.1. The molecule has 1 atom stereocenters. The van der Waals surface area contributed by atoms with Crippen LogP contribution in [0.4, 0.5) is 0 Å². The monoisotopic (exact) mass is 437 g/mol. The molecular formula is C25H19N5O3. The number of benzene rings is 2. The molecule has 0 aliphatic rings. The van der Waals surface area contributed by atoms with E-state index >= 15 is 0 Å². The average molecular weight is 437 g/mol. The SMILES string of the molecule is C[C@H](OC(=O)c1cn(-c2ccccc2)nc1-c1cccnc1)c1nnc(-c2ccccc2)o1. The molecule has 8 nitrogen and oxygen atoms in total. The lowest BCUT2D eigenvalue weighted by Crippen LogP contribution is -2.10. The molecule has 0 unspecified atom stereocenters. The molecule has 3 heterocycles. The Hall–Kier alpha value is -4.59. The van der Waals surface area contributed by atoms with Gasteiger partial charge in [0.15, 0.2) is 6.10 Å². The van der Waals surface area contributed by atoms with E-state index in [4.69, 9.17) is 9.15 Å². The molecule has 0 aliphatic heterocycles. The summed E-state index contributed by atoms with van der Waals surface area (Å²) < 4.78 is 13.0. The molecule has 0 aliphatic carbocycles. The first-order chi connectivity index (χ1) is 16.2. The molecule has 0 saturated carbocycles. The van der Waals surface area contributed by atoms with Crippen LogP contribution >= 0.6 is 0 Å². The van der Waals surface area contributed by atoms with Crippen LogP contribution in [0.25, 0.3) is 28.4 Å². The Morgan fingerprint density at radius 1 is 0.939 bits per heavy atom. The maximum atomic E-state index is 13.2. The first kappa shape index (κ1) is 20.3. The minimum absolute atomic E-state index is 0.209. The number of hydrogen-bond acceptors (Lipinski definition) is 7. The number of aromatic nitrogens is 5. The molecule has 8 heteroatoms. The maximum Gasteiger partial charge on any atom is 0.342 e. The molecule has 3 aromatic heterocycles. The number of ether oxygens (including phenoxy) is 1. The zero-order chi connectivity index (χ0) is 22.6. The first-order valence-electron chi connectivity index (χ1n) is 10.3. The van der Waals surface area contributed by atoms with Gasteiger partial charge >= 0.3 is 5.97 Å². The third kappa shape index (κ3) is 4.27. The Morgan fingerprint density at radius 3 is 2.39 bits per heavy atom. The molecule has 5 rings (SSSR count). The van der Waals surface area contributed by atoms with E-state index in [2.05, 4.69) is 20.3 Å². The fraction of sp³-hybridized carbons (Fsp3) is 0.0800. The average Bonchev–Trinajstić information content (AvgIpc) is 3.54. The van der Waals surface area contributed by atoms with Crippen LogP contribution in [0.5, 0.6) is 0 Å². The summed E-state index contributed by atoms with van der Waals surface area (Å²) in [6, 6.07) is 22.6. The first-order valence-corrected chi connectivity index (χ1v) is 10.3. The number of carbonyl (C=O) groups excluding carboxylic acids is 1. The van der Waals surface area contributed by atoms with Crippen LogP contribution in [-0.2, 0) is 4.74 Å². The number of nitrogens with zero attached hydrogens (tertiary/aromatic N) is 5. The number of carbonyl (C=O) groups is 1. The summed E-state index contributed by atoms with van der Waals surface area (Å²) in [4.78, 5) is 17.3. The maximum absolute atomic E-state index is 13.2. The quantitative estimate of drug-likeness (QED) is 0.349. The summed E-state index contributed by atoms with van der Waals surface area (Å²) in [7, 11) is 0. The van der Waals surface area contributed by atoms with Gasteiger partial charge in [-0.25, -0.2) is 9.48 Å². The van der Waals surface area contributed by atoms with Gasteiger partial charge in [0.1, 0.15) is 11.3 Å². The van der Waals surface area contributed by atoms with E-state index in [1.54, 1.807) is 36.3 Å². The smallest absolute Gasteiger partial charge is 0.342 e. The number of rotatable bonds is 6. The number of para-hydroxylation sites is 1. The minimum Gasteiger partial charge on any atom is -0.449 e. The third-order valence-electron chi connectivity index (χ3n) is 4.98. The summed E-state index contributed by atoms with van der Waals surface area (Å²) in [5.74, 6) is 0.0185. The van der Waals surface area contributed by atoms with Gasteiger partial charge in [-0.1, -0.05) is 36.4 Å². The highest BCUT2D eigenvalue weighted by atomic mass is 16.6. The molecule has 0 radical (unpaired) electrons.